The quantitative estimate of drug-likeness (QED) is 0.0313. The average Bonchev–Trinajstić information content (AvgIpc) is 1.66. The van der Waals surface area contributed by atoms with Crippen LogP contribution in [0.4, 0.5) is 22.7 Å². The second-order valence-corrected chi connectivity index (χ2v) is 24.1. The van der Waals surface area contributed by atoms with Gasteiger partial charge in [0, 0.05) is 164 Å². The highest BCUT2D eigenvalue weighted by molar-refractivity contribution is 6.26. The van der Waals surface area contributed by atoms with Gasteiger partial charge in [-0.25, -0.2) is 9.97 Å². The maximum absolute atomic E-state index is 14.0. The van der Waals surface area contributed by atoms with E-state index in [-0.39, 0.29) is 129 Å². The number of aliphatic hydroxyl groups excluding tert-OH is 1. The van der Waals surface area contributed by atoms with Gasteiger partial charge in [-0.05, 0) is 33.6 Å². The van der Waals surface area contributed by atoms with Crippen molar-refractivity contribution in [3.63, 3.8) is 0 Å². The molecule has 91 heavy (non-hydrogen) atoms. The van der Waals surface area contributed by atoms with E-state index in [2.05, 4.69) is 49.5 Å². The third-order valence-electron chi connectivity index (χ3n) is 16.2. The lowest BCUT2D eigenvalue weighted by Gasteiger charge is -2.37. The van der Waals surface area contributed by atoms with E-state index < -0.39 is 80.6 Å². The van der Waals surface area contributed by atoms with Crippen molar-refractivity contribution in [2.24, 2.45) is 5.92 Å². The number of aromatic nitrogens is 2. The number of carbonyl (C=O) groups is 6. The van der Waals surface area contributed by atoms with Crippen LogP contribution in [-0.2, 0) is 33.4 Å². The number of aliphatic hydroxyl groups is 1. The molecule has 4 unspecified atom stereocenters. The second kappa shape index (κ2) is 22.7. The second-order valence-electron chi connectivity index (χ2n) is 24.1. The summed E-state index contributed by atoms with van der Waals surface area (Å²) in [6.07, 6.45) is 0. The Morgan fingerprint density at radius 2 is 1.19 bits per heavy atom. The van der Waals surface area contributed by atoms with Crippen molar-refractivity contribution in [1.82, 2.24) is 20.2 Å². The topological polar surface area (TPSA) is 358 Å². The number of hydrogen-bond acceptors (Lipinski definition) is 25. The van der Waals surface area contributed by atoms with Crippen LogP contribution < -0.4 is 61.5 Å². The van der Waals surface area contributed by atoms with Gasteiger partial charge < -0.3 is 73.6 Å². The predicted molar refractivity (Wildman–Crippen MR) is 335 cm³/mol. The lowest BCUT2D eigenvalue weighted by molar-refractivity contribution is -0.175. The third kappa shape index (κ3) is 10.8. The standard InChI is InChI=1S/C32H32N4O10.C32H34N4O9/c1-12-10-36(11-13(2)33-12)18-8-19(43-16(5)38)24-20(9-18)44-30-25(35-24)21-22(28(41)26(30)34-15(4)37)27(40)14(3)29-23(21)31(42)32(7,46-29)45-17(6)39;1-14(2)13-35-7-9-36(10-8-35)18-11-19(39)24-20(12-18)43-30-25(34-24)21-22(28(41)26(30)33-16(4)37)27(40)15(3)29-23(21)31(42)32(6,45-29)44-17(5)38/h8-9,12-13,33,41H,10-11H2,1-7H3,(H,34,37);11-12,14,40,42H,7-10,13H2,1-6H3,(H,33,37). The number of rotatable bonds is 9. The van der Waals surface area contributed by atoms with Gasteiger partial charge >= 0.3 is 29.5 Å². The molecule has 4 aliphatic heterocycles. The van der Waals surface area contributed by atoms with Crippen LogP contribution in [0.25, 0.3) is 71.7 Å². The van der Waals surface area contributed by atoms with Crippen molar-refractivity contribution >= 4 is 130 Å². The Balaban J connectivity index is 0.000000187. The normalized spacial score (nSPS) is 19.8. The van der Waals surface area contributed by atoms with Crippen LogP contribution >= 0.6 is 0 Å². The molecular weight excluding hydrogens is 1180 g/mol. The highest BCUT2D eigenvalue weighted by atomic mass is 16.7. The summed E-state index contributed by atoms with van der Waals surface area (Å²) in [6, 6.07) is 6.81. The van der Waals surface area contributed by atoms with Gasteiger partial charge in [-0.2, -0.15) is 0 Å². The zero-order chi connectivity index (χ0) is 65.9. The summed E-state index contributed by atoms with van der Waals surface area (Å²) in [5.41, 5.74) is -1.70. The first-order valence-corrected chi connectivity index (χ1v) is 29.3. The van der Waals surface area contributed by atoms with E-state index in [0.717, 1.165) is 33.5 Å². The van der Waals surface area contributed by atoms with Crippen LogP contribution in [0.3, 0.4) is 0 Å². The average molecular weight is 1250 g/mol. The number of aromatic hydroxyl groups is 2. The molecule has 2 aromatic heterocycles. The summed E-state index contributed by atoms with van der Waals surface area (Å²) in [6.45, 7) is 25.1. The van der Waals surface area contributed by atoms with Crippen molar-refractivity contribution in [3.8, 4) is 28.7 Å². The van der Waals surface area contributed by atoms with Gasteiger partial charge in [-0.1, -0.05) is 13.8 Å². The molecule has 6 aromatic carbocycles. The largest absolute Gasteiger partial charge is 0.507 e. The van der Waals surface area contributed by atoms with Crippen LogP contribution in [0.1, 0.15) is 97.6 Å². The molecule has 6 N–H and O–H groups in total. The molecule has 0 spiro atoms. The van der Waals surface area contributed by atoms with E-state index in [4.69, 9.17) is 37.5 Å². The molecule has 12 rings (SSSR count). The molecule has 2 amide bonds. The summed E-state index contributed by atoms with van der Waals surface area (Å²) in [7, 11) is 0. The Labute approximate surface area is 516 Å². The summed E-state index contributed by atoms with van der Waals surface area (Å²) in [5.74, 6) is -9.58. The van der Waals surface area contributed by atoms with Gasteiger partial charge in [0.05, 0.1) is 21.6 Å². The van der Waals surface area contributed by atoms with Gasteiger partial charge in [0.15, 0.2) is 50.5 Å². The van der Waals surface area contributed by atoms with Crippen LogP contribution in [-0.4, -0.2) is 135 Å². The Morgan fingerprint density at radius 3 is 1.78 bits per heavy atom. The first-order valence-electron chi connectivity index (χ1n) is 29.3. The number of phenols is 2. The first kappa shape index (κ1) is 62.5. The Hall–Kier alpha value is -10.2. The molecule has 4 atom stereocenters. The molecule has 27 nitrogen and oxygen atoms in total. The summed E-state index contributed by atoms with van der Waals surface area (Å²) < 4.78 is 40.3. The zero-order valence-electron chi connectivity index (χ0n) is 52.1. The van der Waals surface area contributed by atoms with E-state index in [1.54, 1.807) is 18.2 Å². The fraction of sp³-hybridized carbons (Fsp3) is 0.391. The maximum Gasteiger partial charge on any atom is 0.315 e. The number of ether oxygens (including phenoxy) is 5. The van der Waals surface area contributed by atoms with Crippen LogP contribution in [0.5, 0.6) is 28.7 Å². The number of ketones is 1. The van der Waals surface area contributed by atoms with E-state index in [1.165, 1.54) is 54.5 Å². The van der Waals surface area contributed by atoms with Crippen LogP contribution in [0, 0.1) is 19.8 Å². The number of benzene rings is 6. The van der Waals surface area contributed by atoms with Crippen molar-refractivity contribution in [1.29, 1.82) is 0 Å². The molecule has 27 heteroatoms. The van der Waals surface area contributed by atoms with Crippen LogP contribution in [0.15, 0.2) is 47.5 Å². The number of piperazine rings is 2. The molecule has 8 aromatic rings. The Morgan fingerprint density at radius 1 is 0.648 bits per heavy atom. The number of anilines is 4. The Bertz CT molecular complexity index is 4810. The summed E-state index contributed by atoms with van der Waals surface area (Å²) >= 11 is 0. The lowest BCUT2D eigenvalue weighted by Crippen LogP contribution is -2.54. The number of Topliss-reactive ketones (excluding diaryl/α,β-unsaturated/α-hetero) is 1. The van der Waals surface area contributed by atoms with Gasteiger partial charge in [0.25, 0.3) is 5.78 Å². The first-order chi connectivity index (χ1) is 42.8. The highest BCUT2D eigenvalue weighted by Crippen LogP contribution is 2.49. The molecule has 476 valence electrons. The van der Waals surface area contributed by atoms with E-state index in [1.807, 2.05) is 13.8 Å². The molecular formula is C64H66N8O19. The van der Waals surface area contributed by atoms with Crippen molar-refractivity contribution in [2.45, 2.75) is 114 Å². The van der Waals surface area contributed by atoms with Gasteiger partial charge in [0.2, 0.25) is 22.7 Å². The molecule has 0 aliphatic carbocycles. The van der Waals surface area contributed by atoms with Crippen molar-refractivity contribution < 1.29 is 76.6 Å². The number of hydrogen-bond donors (Lipinski definition) is 6. The maximum atomic E-state index is 14.0. The summed E-state index contributed by atoms with van der Waals surface area (Å²) in [5, 5.41) is 41.7. The number of nitrogens with zero attached hydrogens (tertiary/aromatic N) is 5. The zero-order valence-corrected chi connectivity index (χ0v) is 52.1. The molecule has 6 heterocycles. The fourth-order valence-electron chi connectivity index (χ4n) is 12.6. The number of nitrogens with one attached hydrogen (secondary N) is 3. The number of fused-ring (bicyclic) bond motifs is 12. The molecule has 0 radical (unpaired) electrons. The molecule has 4 aliphatic rings. The number of esters is 3. The number of phenolic OH excluding ortho intramolecular Hbond substituents is 2. The molecule has 2 fully saturated rings. The SMILES string of the molecule is CC(=O)Nc1c(=O)c2c(O)c(C)c3c(c2c2nc4c(=O)cc(N5CCN(CC(C)C)CC5)cc4oc12)=C(O)C(C)(OC(C)=O)O3.CC(=O)Nc1c(O)c2c(=O)c(C)c3c(c2c2nc4c(OC(C)=O)cc(N5CC(C)NC(C)C5)cc4oc12)C(=O)C(C)(OC(C)=O)O3. The van der Waals surface area contributed by atoms with Crippen LogP contribution in [0.2, 0.25) is 0 Å². The van der Waals surface area contributed by atoms with Crippen molar-refractivity contribution in [3.05, 3.63) is 76.8 Å². The van der Waals surface area contributed by atoms with Gasteiger partial charge in [-0.15, -0.1) is 0 Å². The number of carbonyl (C=O) groups excluding carboxylic acids is 6. The van der Waals surface area contributed by atoms with Crippen molar-refractivity contribution in [2.75, 3.05) is 66.2 Å². The lowest BCUT2D eigenvalue weighted by atomic mass is 9.93. The molecule has 0 saturated carbocycles. The predicted octanol–water partition coefficient (Wildman–Crippen LogP) is 6.09. The minimum Gasteiger partial charge on any atom is -0.507 e. The third-order valence-corrected chi connectivity index (χ3v) is 16.2. The summed E-state index contributed by atoms with van der Waals surface area (Å²) in [4.78, 5) is 132. The number of amides is 2. The minimum absolute atomic E-state index is 0.0439. The highest BCUT2D eigenvalue weighted by Gasteiger charge is 2.51. The smallest absolute Gasteiger partial charge is 0.315 e. The van der Waals surface area contributed by atoms with E-state index in [0.29, 0.717) is 43.5 Å². The van der Waals surface area contributed by atoms with Gasteiger partial charge in [-0.3, -0.25) is 48.1 Å². The molecule has 2 saturated heterocycles. The fourth-order valence-corrected chi connectivity index (χ4v) is 12.6. The van der Waals surface area contributed by atoms with E-state index >= 15 is 0 Å². The monoisotopic (exact) mass is 1250 g/mol. The molecule has 0 bridgehead atoms. The Kier molecular flexibility index (Phi) is 15.6. The van der Waals surface area contributed by atoms with E-state index in [9.17, 15) is 58.5 Å². The van der Waals surface area contributed by atoms with Gasteiger partial charge in [0.1, 0.15) is 45.2 Å². The minimum atomic E-state index is -2.11.